The van der Waals surface area contributed by atoms with E-state index in [0.29, 0.717) is 6.42 Å². The highest BCUT2D eigenvalue weighted by Gasteiger charge is 2.11. The molecule has 0 fully saturated rings. The van der Waals surface area contributed by atoms with Crippen LogP contribution in [0, 0.1) is 12.7 Å². The van der Waals surface area contributed by atoms with Crippen molar-refractivity contribution in [2.24, 2.45) is 0 Å². The van der Waals surface area contributed by atoms with E-state index in [4.69, 9.17) is 5.11 Å². The second-order valence-corrected chi connectivity index (χ2v) is 4.42. The molecule has 1 aromatic carbocycles. The summed E-state index contributed by atoms with van der Waals surface area (Å²) in [6.07, 6.45) is 0.291. The van der Waals surface area contributed by atoms with Crippen LogP contribution < -0.4 is 10.6 Å². The smallest absolute Gasteiger partial charge is 0.319 e. The molecule has 0 saturated carbocycles. The number of carbonyl (C=O) groups excluding carboxylic acids is 1. The monoisotopic (exact) mass is 268 g/mol. The minimum absolute atomic E-state index is 0.0274. The number of anilines is 1. The molecule has 0 radical (unpaired) electrons. The summed E-state index contributed by atoms with van der Waals surface area (Å²) in [4.78, 5) is 21.9. The Bertz CT molecular complexity index is 477. The van der Waals surface area contributed by atoms with Crippen LogP contribution in [0.25, 0.3) is 0 Å². The number of benzene rings is 1. The maximum absolute atomic E-state index is 13.5. The third-order valence-electron chi connectivity index (χ3n) is 2.54. The Balaban J connectivity index is 2.48. The fraction of sp³-hybridized carbons (Fsp3) is 0.385. The Morgan fingerprint density at radius 3 is 2.68 bits per heavy atom. The topological polar surface area (TPSA) is 78.4 Å². The first-order chi connectivity index (χ1) is 8.88. The number of nitrogens with one attached hydrogen (secondary N) is 2. The molecule has 3 N–H and O–H groups in total. The lowest BCUT2D eigenvalue weighted by Gasteiger charge is -2.14. The molecular weight excluding hydrogens is 251 g/mol. The highest BCUT2D eigenvalue weighted by molar-refractivity contribution is 5.89. The molecule has 6 heteroatoms. The van der Waals surface area contributed by atoms with E-state index in [1.807, 2.05) is 0 Å². The summed E-state index contributed by atoms with van der Waals surface area (Å²) < 4.78 is 13.5. The van der Waals surface area contributed by atoms with Crippen LogP contribution in [0.5, 0.6) is 0 Å². The van der Waals surface area contributed by atoms with E-state index in [0.717, 1.165) is 5.56 Å². The first-order valence-corrected chi connectivity index (χ1v) is 5.94. The van der Waals surface area contributed by atoms with E-state index in [9.17, 15) is 14.0 Å². The summed E-state index contributed by atoms with van der Waals surface area (Å²) in [6, 6.07) is 3.63. The van der Waals surface area contributed by atoms with Gasteiger partial charge in [0.15, 0.2) is 0 Å². The summed E-state index contributed by atoms with van der Waals surface area (Å²) in [7, 11) is 0. The van der Waals surface area contributed by atoms with E-state index >= 15 is 0 Å². The van der Waals surface area contributed by atoms with Crippen LogP contribution in [-0.2, 0) is 4.79 Å². The van der Waals surface area contributed by atoms with Gasteiger partial charge in [-0.15, -0.1) is 0 Å². The van der Waals surface area contributed by atoms with Crippen molar-refractivity contribution in [2.45, 2.75) is 32.7 Å². The van der Waals surface area contributed by atoms with Gasteiger partial charge in [0.05, 0.1) is 5.69 Å². The maximum Gasteiger partial charge on any atom is 0.319 e. The van der Waals surface area contributed by atoms with Gasteiger partial charge in [-0.25, -0.2) is 9.18 Å². The van der Waals surface area contributed by atoms with Crippen molar-refractivity contribution in [2.75, 3.05) is 5.32 Å². The molecule has 1 aromatic rings. The molecule has 1 atom stereocenters. The lowest BCUT2D eigenvalue weighted by atomic mass is 10.2. The number of hydrogen-bond donors (Lipinski definition) is 3. The third kappa shape index (κ3) is 5.37. The van der Waals surface area contributed by atoms with Gasteiger partial charge in [-0.2, -0.15) is 0 Å². The molecule has 0 heterocycles. The SMILES string of the molecule is Cc1ccc(NC(=O)NC(C)CCC(=O)O)c(F)c1. The zero-order chi connectivity index (χ0) is 14.4. The number of amides is 2. The number of urea groups is 1. The molecule has 2 amide bonds. The van der Waals surface area contributed by atoms with Crippen molar-refractivity contribution in [3.05, 3.63) is 29.6 Å². The van der Waals surface area contributed by atoms with Crippen molar-refractivity contribution >= 4 is 17.7 Å². The summed E-state index contributed by atoms with van der Waals surface area (Å²) >= 11 is 0. The Labute approximate surface area is 110 Å². The summed E-state index contributed by atoms with van der Waals surface area (Å²) in [5.74, 6) is -1.42. The Hall–Kier alpha value is -2.11. The van der Waals surface area contributed by atoms with Crippen LogP contribution in [0.4, 0.5) is 14.9 Å². The molecule has 0 spiro atoms. The van der Waals surface area contributed by atoms with Gasteiger partial charge in [0.1, 0.15) is 5.82 Å². The van der Waals surface area contributed by atoms with Gasteiger partial charge in [0.2, 0.25) is 0 Å². The fourth-order valence-corrected chi connectivity index (χ4v) is 1.52. The number of aryl methyl sites for hydroxylation is 1. The molecule has 0 aliphatic heterocycles. The van der Waals surface area contributed by atoms with E-state index in [2.05, 4.69) is 10.6 Å². The number of hydrogen-bond acceptors (Lipinski definition) is 2. The molecule has 0 bridgehead atoms. The number of carboxylic acid groups (broad SMARTS) is 1. The first-order valence-electron chi connectivity index (χ1n) is 5.94. The average Bonchev–Trinajstić information content (AvgIpc) is 2.30. The van der Waals surface area contributed by atoms with Crippen LogP contribution in [-0.4, -0.2) is 23.1 Å². The van der Waals surface area contributed by atoms with Crippen molar-refractivity contribution in [3.8, 4) is 0 Å². The zero-order valence-corrected chi connectivity index (χ0v) is 10.9. The Morgan fingerprint density at radius 2 is 2.11 bits per heavy atom. The van der Waals surface area contributed by atoms with Crippen LogP contribution in [0.3, 0.4) is 0 Å². The molecule has 0 aliphatic carbocycles. The maximum atomic E-state index is 13.5. The van der Waals surface area contributed by atoms with E-state index in [-0.39, 0.29) is 18.2 Å². The minimum Gasteiger partial charge on any atom is -0.481 e. The fourth-order valence-electron chi connectivity index (χ4n) is 1.52. The van der Waals surface area contributed by atoms with Gasteiger partial charge >= 0.3 is 12.0 Å². The molecule has 1 rings (SSSR count). The highest BCUT2D eigenvalue weighted by Crippen LogP contribution is 2.15. The second-order valence-electron chi connectivity index (χ2n) is 4.42. The Kier molecular flexibility index (Phi) is 5.29. The van der Waals surface area contributed by atoms with Gasteiger partial charge < -0.3 is 15.7 Å². The number of carbonyl (C=O) groups is 2. The standard InChI is InChI=1S/C13H17FN2O3/c1-8-3-5-11(10(14)7-8)16-13(19)15-9(2)4-6-12(17)18/h3,5,7,9H,4,6H2,1-2H3,(H,17,18)(H2,15,16,19). The van der Waals surface area contributed by atoms with Crippen molar-refractivity contribution in [3.63, 3.8) is 0 Å². The normalized spacial score (nSPS) is 11.7. The quantitative estimate of drug-likeness (QED) is 0.767. The molecular formula is C13H17FN2O3. The number of aliphatic carboxylic acids is 1. The molecule has 0 saturated heterocycles. The number of halogens is 1. The van der Waals surface area contributed by atoms with Crippen molar-refractivity contribution in [1.82, 2.24) is 5.32 Å². The predicted octanol–water partition coefficient (Wildman–Crippen LogP) is 2.51. The van der Waals surface area contributed by atoms with Gasteiger partial charge in [0, 0.05) is 12.5 Å². The van der Waals surface area contributed by atoms with Crippen LogP contribution >= 0.6 is 0 Å². The second kappa shape index (κ2) is 6.72. The van der Waals surface area contributed by atoms with Gasteiger partial charge in [-0.1, -0.05) is 6.07 Å². The van der Waals surface area contributed by atoms with E-state index in [1.54, 1.807) is 19.9 Å². The molecule has 19 heavy (non-hydrogen) atoms. The summed E-state index contributed by atoms with van der Waals surface area (Å²) in [6.45, 7) is 3.44. The van der Waals surface area contributed by atoms with Gasteiger partial charge in [0.25, 0.3) is 0 Å². The van der Waals surface area contributed by atoms with Crippen LogP contribution in [0.1, 0.15) is 25.3 Å². The molecule has 1 unspecified atom stereocenters. The van der Waals surface area contributed by atoms with Crippen molar-refractivity contribution in [1.29, 1.82) is 0 Å². The van der Waals surface area contributed by atoms with Crippen LogP contribution in [0.2, 0.25) is 0 Å². The average molecular weight is 268 g/mol. The zero-order valence-electron chi connectivity index (χ0n) is 10.9. The summed E-state index contributed by atoms with van der Waals surface area (Å²) in [5.41, 5.74) is 0.854. The Morgan fingerprint density at radius 1 is 1.42 bits per heavy atom. The molecule has 0 aliphatic rings. The molecule has 5 nitrogen and oxygen atoms in total. The van der Waals surface area contributed by atoms with Crippen molar-refractivity contribution < 1.29 is 19.1 Å². The lowest BCUT2D eigenvalue weighted by Crippen LogP contribution is -2.36. The first kappa shape index (κ1) is 14.9. The van der Waals surface area contributed by atoms with Gasteiger partial charge in [-0.05, 0) is 38.0 Å². The largest absolute Gasteiger partial charge is 0.481 e. The van der Waals surface area contributed by atoms with E-state index in [1.165, 1.54) is 12.1 Å². The minimum atomic E-state index is -0.918. The van der Waals surface area contributed by atoms with Gasteiger partial charge in [-0.3, -0.25) is 4.79 Å². The number of rotatable bonds is 5. The highest BCUT2D eigenvalue weighted by atomic mass is 19.1. The van der Waals surface area contributed by atoms with E-state index < -0.39 is 17.8 Å². The molecule has 0 aromatic heterocycles. The lowest BCUT2D eigenvalue weighted by molar-refractivity contribution is -0.137. The third-order valence-corrected chi connectivity index (χ3v) is 2.54. The predicted molar refractivity (Wildman–Crippen MR) is 69.6 cm³/mol. The van der Waals surface area contributed by atoms with Crippen LogP contribution in [0.15, 0.2) is 18.2 Å². The number of carboxylic acids is 1. The molecule has 104 valence electrons. The summed E-state index contributed by atoms with van der Waals surface area (Å²) in [5, 5.41) is 13.4.